The average Bonchev–Trinajstić information content (AvgIpc) is 2.49. The predicted octanol–water partition coefficient (Wildman–Crippen LogP) is 3.06. The fraction of sp³-hybridized carbons (Fsp3) is 0.600. The smallest absolute Gasteiger partial charge is 0.132 e. The van der Waals surface area contributed by atoms with E-state index in [1.165, 1.54) is 5.56 Å². The van der Waals surface area contributed by atoms with Crippen molar-refractivity contribution in [2.45, 2.75) is 43.7 Å². The van der Waals surface area contributed by atoms with Crippen LogP contribution in [0.15, 0.2) is 23.1 Å². The summed E-state index contributed by atoms with van der Waals surface area (Å²) in [6, 6.07) is 6.21. The minimum atomic E-state index is -0.167. The third-order valence-electron chi connectivity index (χ3n) is 3.77. The van der Waals surface area contributed by atoms with Gasteiger partial charge in [0.2, 0.25) is 0 Å². The summed E-state index contributed by atoms with van der Waals surface area (Å²) >= 11 is 1.68. The minimum Gasteiger partial charge on any atom is -0.496 e. The summed E-state index contributed by atoms with van der Waals surface area (Å²) in [5.41, 5.74) is 1.05. The highest BCUT2D eigenvalue weighted by Gasteiger charge is 2.24. The molecule has 0 radical (unpaired) electrons. The van der Waals surface area contributed by atoms with E-state index < -0.39 is 0 Å². The molecule has 0 amide bonds. The Morgan fingerprint density at radius 2 is 2.00 bits per heavy atom. The molecule has 0 aliphatic carbocycles. The van der Waals surface area contributed by atoms with Gasteiger partial charge in [-0.2, -0.15) is 0 Å². The molecule has 0 atom stereocenters. The molecule has 0 heterocycles. The molecule has 0 bridgehead atoms. The highest BCUT2D eigenvalue weighted by atomic mass is 32.2. The van der Waals surface area contributed by atoms with Gasteiger partial charge < -0.3 is 15.2 Å². The lowest BCUT2D eigenvalue weighted by Crippen LogP contribution is -2.47. The summed E-state index contributed by atoms with van der Waals surface area (Å²) in [4.78, 5) is 1.14. The number of aliphatic hydroxyl groups is 1. The number of ether oxygens (including phenoxy) is 1. The van der Waals surface area contributed by atoms with Gasteiger partial charge in [-0.3, -0.25) is 0 Å². The van der Waals surface area contributed by atoms with E-state index in [1.54, 1.807) is 18.9 Å². The molecular weight excluding hydrogens is 258 g/mol. The predicted molar refractivity (Wildman–Crippen MR) is 82.0 cm³/mol. The Bertz CT molecular complexity index is 383. The summed E-state index contributed by atoms with van der Waals surface area (Å²) in [6.07, 6.45) is 3.89. The van der Waals surface area contributed by atoms with Crippen LogP contribution in [0.5, 0.6) is 5.75 Å². The average molecular weight is 283 g/mol. The Morgan fingerprint density at radius 3 is 2.47 bits per heavy atom. The molecule has 4 heteroatoms. The van der Waals surface area contributed by atoms with Gasteiger partial charge in [-0.25, -0.2) is 0 Å². The quantitative estimate of drug-likeness (QED) is 0.720. The number of methoxy groups -OCH3 is 1. The van der Waals surface area contributed by atoms with Gasteiger partial charge in [-0.05, 0) is 36.8 Å². The van der Waals surface area contributed by atoms with Gasteiger partial charge in [0.15, 0.2) is 0 Å². The van der Waals surface area contributed by atoms with E-state index in [1.807, 2.05) is 12.3 Å². The Balaban J connectivity index is 2.77. The number of benzene rings is 1. The fourth-order valence-electron chi connectivity index (χ4n) is 2.06. The van der Waals surface area contributed by atoms with Crippen molar-refractivity contribution in [1.29, 1.82) is 0 Å². The molecular formula is C15H25NO2S. The van der Waals surface area contributed by atoms with E-state index in [9.17, 15) is 5.11 Å². The van der Waals surface area contributed by atoms with Crippen molar-refractivity contribution < 1.29 is 9.84 Å². The first-order valence-corrected chi connectivity index (χ1v) is 7.94. The van der Waals surface area contributed by atoms with Crippen molar-refractivity contribution in [3.8, 4) is 5.75 Å². The molecule has 19 heavy (non-hydrogen) atoms. The van der Waals surface area contributed by atoms with E-state index >= 15 is 0 Å². The second-order valence-corrected chi connectivity index (χ2v) is 5.54. The maximum atomic E-state index is 9.55. The standard InChI is InChI=1S/C15H25NO2S/c1-5-15(6-2,11-17)16-10-12-7-8-13(18-3)14(9-12)19-4/h7-9,16-17H,5-6,10-11H2,1-4H3. The minimum absolute atomic E-state index is 0.167. The topological polar surface area (TPSA) is 41.5 Å². The summed E-state index contributed by atoms with van der Waals surface area (Å²) in [5, 5.41) is 13.0. The van der Waals surface area contributed by atoms with Gasteiger partial charge in [-0.1, -0.05) is 19.9 Å². The first kappa shape index (κ1) is 16.3. The molecule has 0 aliphatic rings. The molecule has 108 valence electrons. The highest BCUT2D eigenvalue weighted by molar-refractivity contribution is 7.98. The SMILES string of the molecule is CCC(CC)(CO)NCc1ccc(OC)c(SC)c1. The number of rotatable bonds is 8. The zero-order chi connectivity index (χ0) is 14.3. The van der Waals surface area contributed by atoms with Crippen LogP contribution in [-0.2, 0) is 6.54 Å². The number of nitrogens with one attached hydrogen (secondary N) is 1. The van der Waals surface area contributed by atoms with Crippen LogP contribution in [0.2, 0.25) is 0 Å². The molecule has 3 nitrogen and oxygen atoms in total. The summed E-state index contributed by atoms with van der Waals surface area (Å²) in [6.45, 7) is 5.15. The molecule has 0 saturated heterocycles. The number of aliphatic hydroxyl groups excluding tert-OH is 1. The van der Waals surface area contributed by atoms with Gasteiger partial charge in [0, 0.05) is 17.0 Å². The van der Waals surface area contributed by atoms with Gasteiger partial charge in [0.1, 0.15) is 5.75 Å². The van der Waals surface area contributed by atoms with Crippen LogP contribution < -0.4 is 10.1 Å². The maximum Gasteiger partial charge on any atom is 0.132 e. The molecule has 0 aliphatic heterocycles. The monoisotopic (exact) mass is 283 g/mol. The van der Waals surface area contributed by atoms with Crippen molar-refractivity contribution >= 4 is 11.8 Å². The van der Waals surface area contributed by atoms with Gasteiger partial charge in [0.05, 0.1) is 13.7 Å². The molecule has 0 spiro atoms. The number of hydrogen-bond acceptors (Lipinski definition) is 4. The van der Waals surface area contributed by atoms with Crippen LogP contribution in [0.1, 0.15) is 32.3 Å². The fourth-order valence-corrected chi connectivity index (χ4v) is 2.68. The Labute approximate surface area is 120 Å². The van der Waals surface area contributed by atoms with Crippen LogP contribution in [0.3, 0.4) is 0 Å². The lowest BCUT2D eigenvalue weighted by Gasteiger charge is -2.31. The molecule has 0 saturated carbocycles. The molecule has 0 aromatic heterocycles. The highest BCUT2D eigenvalue weighted by Crippen LogP contribution is 2.28. The molecule has 1 aromatic carbocycles. The second kappa shape index (κ2) is 7.78. The largest absolute Gasteiger partial charge is 0.496 e. The Morgan fingerprint density at radius 1 is 1.32 bits per heavy atom. The summed E-state index contributed by atoms with van der Waals surface area (Å²) in [5.74, 6) is 0.913. The third kappa shape index (κ3) is 4.13. The first-order valence-electron chi connectivity index (χ1n) is 6.71. The summed E-state index contributed by atoms with van der Waals surface area (Å²) < 4.78 is 5.32. The van der Waals surface area contributed by atoms with E-state index in [-0.39, 0.29) is 12.1 Å². The Kier molecular flexibility index (Phi) is 6.69. The van der Waals surface area contributed by atoms with Crippen LogP contribution >= 0.6 is 11.8 Å². The van der Waals surface area contributed by atoms with E-state index in [4.69, 9.17) is 4.74 Å². The van der Waals surface area contributed by atoms with E-state index in [0.717, 1.165) is 30.0 Å². The van der Waals surface area contributed by atoms with Crippen LogP contribution in [0.4, 0.5) is 0 Å². The van der Waals surface area contributed by atoms with Crippen molar-refractivity contribution in [2.24, 2.45) is 0 Å². The lowest BCUT2D eigenvalue weighted by molar-refractivity contribution is 0.149. The second-order valence-electron chi connectivity index (χ2n) is 4.69. The molecule has 1 aromatic rings. The van der Waals surface area contributed by atoms with Crippen LogP contribution in [0, 0.1) is 0 Å². The van der Waals surface area contributed by atoms with Gasteiger partial charge >= 0.3 is 0 Å². The Hall–Kier alpha value is -0.710. The van der Waals surface area contributed by atoms with Gasteiger partial charge in [-0.15, -0.1) is 11.8 Å². The van der Waals surface area contributed by atoms with E-state index in [0.29, 0.717) is 0 Å². The third-order valence-corrected chi connectivity index (χ3v) is 4.53. The molecule has 1 rings (SSSR count). The normalized spacial score (nSPS) is 11.6. The lowest BCUT2D eigenvalue weighted by atomic mass is 9.93. The van der Waals surface area contributed by atoms with Crippen LogP contribution in [0.25, 0.3) is 0 Å². The van der Waals surface area contributed by atoms with Crippen molar-refractivity contribution in [3.05, 3.63) is 23.8 Å². The van der Waals surface area contributed by atoms with Crippen molar-refractivity contribution in [1.82, 2.24) is 5.32 Å². The summed E-state index contributed by atoms with van der Waals surface area (Å²) in [7, 11) is 1.69. The molecule has 0 fully saturated rings. The van der Waals surface area contributed by atoms with Crippen molar-refractivity contribution in [2.75, 3.05) is 20.0 Å². The zero-order valence-corrected chi connectivity index (χ0v) is 13.1. The number of thioether (sulfide) groups is 1. The van der Waals surface area contributed by atoms with Gasteiger partial charge in [0.25, 0.3) is 0 Å². The zero-order valence-electron chi connectivity index (χ0n) is 12.3. The van der Waals surface area contributed by atoms with Crippen molar-refractivity contribution in [3.63, 3.8) is 0 Å². The maximum absolute atomic E-state index is 9.55. The molecule has 0 unspecified atom stereocenters. The molecule has 2 N–H and O–H groups in total. The first-order chi connectivity index (χ1) is 9.14. The van der Waals surface area contributed by atoms with Crippen LogP contribution in [-0.4, -0.2) is 30.6 Å². The number of hydrogen-bond donors (Lipinski definition) is 2. The van der Waals surface area contributed by atoms with E-state index in [2.05, 4.69) is 31.3 Å².